The van der Waals surface area contributed by atoms with Gasteiger partial charge in [0.15, 0.2) is 0 Å². The molecule has 2 aromatic rings. The first kappa shape index (κ1) is 17.0. The Morgan fingerprint density at radius 2 is 1.92 bits per heavy atom. The Morgan fingerprint density at radius 3 is 2.58 bits per heavy atom. The zero-order chi connectivity index (χ0) is 18.6. The number of nitrogens with zero attached hydrogens (tertiary/aromatic N) is 1. The van der Waals surface area contributed by atoms with Crippen molar-refractivity contribution in [2.24, 2.45) is 0 Å². The van der Waals surface area contributed by atoms with E-state index in [2.05, 4.69) is 26.6 Å². The van der Waals surface area contributed by atoms with E-state index in [0.29, 0.717) is 15.2 Å². The van der Waals surface area contributed by atoms with Crippen molar-refractivity contribution in [2.45, 2.75) is 12.1 Å². The van der Waals surface area contributed by atoms with Crippen molar-refractivity contribution >= 4 is 51.1 Å². The second-order valence-corrected chi connectivity index (χ2v) is 7.30. The molecule has 132 valence electrons. The van der Waals surface area contributed by atoms with Crippen LogP contribution in [0.3, 0.4) is 0 Å². The largest absolute Gasteiger partial charge is 0.323 e. The minimum atomic E-state index is -1.89. The molecule has 1 spiro atoms. The van der Waals surface area contributed by atoms with Gasteiger partial charge in [-0.15, -0.1) is 0 Å². The van der Waals surface area contributed by atoms with Gasteiger partial charge in [-0.2, -0.15) is 0 Å². The van der Waals surface area contributed by atoms with Crippen molar-refractivity contribution in [3.63, 3.8) is 0 Å². The van der Waals surface area contributed by atoms with Crippen molar-refractivity contribution in [2.75, 3.05) is 4.90 Å². The standard InChI is InChI=1S/C17H10BrClFN3O3/c18-9-2-1-8(12(20)5-9)7-23-13-4-3-10(19)6-11(13)17(15(23)25)14(24)21-16(26)22-17/h1-6H,7H2,(H2,21,22,24,26). The number of hydrogen-bond donors (Lipinski definition) is 2. The van der Waals surface area contributed by atoms with Crippen LogP contribution in [0.25, 0.3) is 0 Å². The van der Waals surface area contributed by atoms with Gasteiger partial charge >= 0.3 is 6.03 Å². The molecule has 0 aromatic heterocycles. The first-order chi connectivity index (χ1) is 12.3. The summed E-state index contributed by atoms with van der Waals surface area (Å²) < 4.78 is 14.8. The molecule has 9 heteroatoms. The Hall–Kier alpha value is -2.45. The van der Waals surface area contributed by atoms with Crippen LogP contribution in [0.1, 0.15) is 11.1 Å². The number of imide groups is 1. The number of nitrogens with one attached hydrogen (secondary N) is 2. The number of rotatable bonds is 2. The smallest absolute Gasteiger partial charge is 0.312 e. The van der Waals surface area contributed by atoms with E-state index in [1.807, 2.05) is 0 Å². The molecule has 2 aliphatic rings. The summed E-state index contributed by atoms with van der Waals surface area (Å²) >= 11 is 9.21. The summed E-state index contributed by atoms with van der Waals surface area (Å²) in [5, 5.41) is 4.79. The van der Waals surface area contributed by atoms with Crippen LogP contribution in [0, 0.1) is 5.82 Å². The molecule has 0 bridgehead atoms. The molecule has 1 unspecified atom stereocenters. The molecule has 2 aromatic carbocycles. The van der Waals surface area contributed by atoms with Gasteiger partial charge in [-0.05, 0) is 30.3 Å². The third-order valence-corrected chi connectivity index (χ3v) is 5.16. The summed E-state index contributed by atoms with van der Waals surface area (Å²) in [7, 11) is 0. The Kier molecular flexibility index (Phi) is 3.78. The molecule has 4 rings (SSSR count). The lowest BCUT2D eigenvalue weighted by Crippen LogP contribution is -2.52. The molecule has 0 aliphatic carbocycles. The number of anilines is 1. The van der Waals surface area contributed by atoms with Gasteiger partial charge < -0.3 is 10.2 Å². The summed E-state index contributed by atoms with van der Waals surface area (Å²) in [6.45, 7) is -0.0997. The number of carbonyl (C=O) groups is 3. The number of urea groups is 1. The molecule has 4 amide bonds. The zero-order valence-corrected chi connectivity index (χ0v) is 15.3. The van der Waals surface area contributed by atoms with Crippen LogP contribution in [0.15, 0.2) is 40.9 Å². The van der Waals surface area contributed by atoms with Crippen molar-refractivity contribution in [3.8, 4) is 0 Å². The number of fused-ring (bicyclic) bond motifs is 2. The van der Waals surface area contributed by atoms with Crippen molar-refractivity contribution < 1.29 is 18.8 Å². The van der Waals surface area contributed by atoms with Crippen molar-refractivity contribution in [3.05, 3.63) is 62.8 Å². The Labute approximate surface area is 160 Å². The lowest BCUT2D eigenvalue weighted by molar-refractivity contribution is -0.134. The van der Waals surface area contributed by atoms with Gasteiger partial charge in [-0.1, -0.05) is 33.6 Å². The third-order valence-electron chi connectivity index (χ3n) is 4.43. The van der Waals surface area contributed by atoms with Gasteiger partial charge in [-0.25, -0.2) is 9.18 Å². The van der Waals surface area contributed by atoms with E-state index >= 15 is 0 Å². The quantitative estimate of drug-likeness (QED) is 0.559. The summed E-state index contributed by atoms with van der Waals surface area (Å²) in [6, 6.07) is 8.30. The van der Waals surface area contributed by atoms with E-state index in [9.17, 15) is 18.8 Å². The minimum Gasteiger partial charge on any atom is -0.312 e. The highest BCUT2D eigenvalue weighted by Gasteiger charge is 2.61. The van der Waals surface area contributed by atoms with Gasteiger partial charge in [0.25, 0.3) is 11.8 Å². The van der Waals surface area contributed by atoms with E-state index in [1.54, 1.807) is 24.3 Å². The fraction of sp³-hybridized carbons (Fsp3) is 0.118. The maximum absolute atomic E-state index is 14.2. The highest BCUT2D eigenvalue weighted by molar-refractivity contribution is 9.10. The molecule has 1 atom stereocenters. The Bertz CT molecular complexity index is 999. The highest BCUT2D eigenvalue weighted by atomic mass is 79.9. The Balaban J connectivity index is 1.84. The molecule has 1 fully saturated rings. The van der Waals surface area contributed by atoms with E-state index < -0.39 is 29.2 Å². The number of halogens is 3. The molecule has 2 heterocycles. The zero-order valence-electron chi connectivity index (χ0n) is 13.0. The molecule has 0 radical (unpaired) electrons. The minimum absolute atomic E-state index is 0.0997. The lowest BCUT2D eigenvalue weighted by atomic mass is 9.91. The van der Waals surface area contributed by atoms with Gasteiger partial charge in [0.1, 0.15) is 5.82 Å². The van der Waals surface area contributed by atoms with Crippen LogP contribution < -0.4 is 15.5 Å². The number of carbonyl (C=O) groups excluding carboxylic acids is 3. The molecule has 1 saturated heterocycles. The van der Waals surface area contributed by atoms with Crippen LogP contribution in [0.2, 0.25) is 5.02 Å². The van der Waals surface area contributed by atoms with E-state index in [1.165, 1.54) is 17.0 Å². The van der Waals surface area contributed by atoms with Crippen LogP contribution in [-0.2, 0) is 21.7 Å². The topological polar surface area (TPSA) is 78.5 Å². The number of benzene rings is 2. The summed E-state index contributed by atoms with van der Waals surface area (Å²) in [4.78, 5) is 38.5. The third kappa shape index (κ3) is 2.33. The average Bonchev–Trinajstić information content (AvgIpc) is 2.99. The maximum atomic E-state index is 14.2. The molecular weight excluding hydrogens is 429 g/mol. The van der Waals surface area contributed by atoms with Gasteiger partial charge in [-0.3, -0.25) is 14.9 Å². The Morgan fingerprint density at radius 1 is 1.15 bits per heavy atom. The van der Waals surface area contributed by atoms with Crippen LogP contribution in [-0.4, -0.2) is 17.8 Å². The molecule has 0 saturated carbocycles. The van der Waals surface area contributed by atoms with Crippen LogP contribution in [0.4, 0.5) is 14.9 Å². The monoisotopic (exact) mass is 437 g/mol. The predicted octanol–water partition coefficient (Wildman–Crippen LogP) is 2.82. The average molecular weight is 439 g/mol. The SMILES string of the molecule is O=C1NC(=O)C2(N1)C(=O)N(Cc1ccc(Br)cc1F)c1ccc(Cl)cc12. The first-order valence-corrected chi connectivity index (χ1v) is 8.69. The van der Waals surface area contributed by atoms with Crippen LogP contribution >= 0.6 is 27.5 Å². The summed E-state index contributed by atoms with van der Waals surface area (Å²) in [5.74, 6) is -1.95. The number of hydrogen-bond acceptors (Lipinski definition) is 3. The summed E-state index contributed by atoms with van der Waals surface area (Å²) in [5.41, 5.74) is -0.970. The molecular formula is C17H10BrClFN3O3. The van der Waals surface area contributed by atoms with Crippen molar-refractivity contribution in [1.29, 1.82) is 0 Å². The highest BCUT2D eigenvalue weighted by Crippen LogP contribution is 2.44. The van der Waals surface area contributed by atoms with Crippen molar-refractivity contribution in [1.82, 2.24) is 10.6 Å². The van der Waals surface area contributed by atoms with Gasteiger partial charge in [0, 0.05) is 20.6 Å². The molecule has 2 aliphatic heterocycles. The lowest BCUT2D eigenvalue weighted by Gasteiger charge is -2.21. The normalized spacial score (nSPS) is 21.2. The van der Waals surface area contributed by atoms with Gasteiger partial charge in [0.2, 0.25) is 5.54 Å². The summed E-state index contributed by atoms with van der Waals surface area (Å²) in [6.07, 6.45) is 0. The van der Waals surface area contributed by atoms with E-state index in [0.717, 1.165) is 0 Å². The molecule has 26 heavy (non-hydrogen) atoms. The van der Waals surface area contributed by atoms with Gasteiger partial charge in [0.05, 0.1) is 12.2 Å². The second kappa shape index (κ2) is 5.78. The predicted molar refractivity (Wildman–Crippen MR) is 95.1 cm³/mol. The van der Waals surface area contributed by atoms with E-state index in [-0.39, 0.29) is 17.7 Å². The fourth-order valence-electron chi connectivity index (χ4n) is 3.24. The molecule has 2 N–H and O–H groups in total. The second-order valence-electron chi connectivity index (χ2n) is 5.95. The van der Waals surface area contributed by atoms with Crippen LogP contribution in [0.5, 0.6) is 0 Å². The fourth-order valence-corrected chi connectivity index (χ4v) is 3.75. The first-order valence-electron chi connectivity index (χ1n) is 7.52. The van der Waals surface area contributed by atoms with E-state index in [4.69, 9.17) is 11.6 Å². The molecule has 6 nitrogen and oxygen atoms in total. The maximum Gasteiger partial charge on any atom is 0.323 e. The number of amides is 4.